The number of esters is 4. The summed E-state index contributed by atoms with van der Waals surface area (Å²) in [6.45, 7) is 10.5. The molecule has 0 amide bonds. The minimum absolute atomic E-state index is 0.179. The lowest BCUT2D eigenvalue weighted by atomic mass is 9.82. The molecular weight excluding hydrogens is 1070 g/mol. The Kier molecular flexibility index (Phi) is 27.2. The molecule has 0 spiro atoms. The van der Waals surface area contributed by atoms with Gasteiger partial charge < -0.3 is 43.0 Å². The Hall–Kier alpha value is -7.24. The van der Waals surface area contributed by atoms with Crippen LogP contribution in [0.25, 0.3) is 10.2 Å². The second kappa shape index (κ2) is 35.7. The molecule has 0 bridgehead atoms. The molecule has 0 saturated heterocycles. The number of hydrogen-bond donors (Lipinski definition) is 1. The number of benzene rings is 4. The van der Waals surface area contributed by atoms with Gasteiger partial charge >= 0.3 is 23.9 Å². The number of hydrazone groups is 1. The van der Waals surface area contributed by atoms with Crippen LogP contribution in [-0.2, 0) is 28.7 Å². The van der Waals surface area contributed by atoms with Gasteiger partial charge in [-0.1, -0.05) is 49.5 Å². The summed E-state index contributed by atoms with van der Waals surface area (Å²) in [5.74, 6) is 2.69. The van der Waals surface area contributed by atoms with Crippen LogP contribution in [0.4, 0.5) is 5.13 Å². The number of ether oxygens (including phenoxy) is 8. The van der Waals surface area contributed by atoms with Crippen molar-refractivity contribution in [2.75, 3.05) is 57.8 Å². The zero-order valence-corrected chi connectivity index (χ0v) is 48.8. The van der Waals surface area contributed by atoms with E-state index in [9.17, 15) is 24.3 Å². The van der Waals surface area contributed by atoms with E-state index in [0.29, 0.717) is 106 Å². The van der Waals surface area contributed by atoms with Gasteiger partial charge in [-0.15, -0.1) is 0 Å². The molecule has 83 heavy (non-hydrogen) atoms. The molecule has 0 aliphatic heterocycles. The maximum atomic E-state index is 13.3. The summed E-state index contributed by atoms with van der Waals surface area (Å²) in [5.41, 5.74) is 1.69. The quantitative estimate of drug-likeness (QED) is 0.00986. The number of fused-ring (bicyclic) bond motifs is 1. The number of nitrogens with zero attached hydrogens (tertiary/aromatic N) is 3. The fourth-order valence-corrected chi connectivity index (χ4v) is 10.9. The zero-order valence-electron chi connectivity index (χ0n) is 48.0. The van der Waals surface area contributed by atoms with Crippen molar-refractivity contribution in [2.24, 2.45) is 28.8 Å². The van der Waals surface area contributed by atoms with E-state index in [2.05, 4.69) is 19.2 Å². The topological polar surface area (TPSA) is 191 Å². The molecular formula is C66H83N3O13S. The number of rotatable bonds is 37. The highest BCUT2D eigenvalue weighted by Gasteiger charge is 2.30. The van der Waals surface area contributed by atoms with Crippen molar-refractivity contribution < 1.29 is 62.2 Å². The highest BCUT2D eigenvalue weighted by Crippen LogP contribution is 2.35. The Labute approximate surface area is 493 Å². The van der Waals surface area contributed by atoms with Crippen LogP contribution in [0, 0.1) is 23.7 Å². The summed E-state index contributed by atoms with van der Waals surface area (Å²) in [5, 5.41) is 17.2. The standard InChI is InChI=1S/C66H83N3O13S/c1-3-62(71)77-43-17-9-7-15-41-75-54-29-33-56(34-30-54)81-64(73)51-25-21-49(22-26-51)47-79-58-37-38-60(53(45-58)46-67-69(39-13-5-6-14-40-70)66-68-59-19-11-12-20-61(59)83-66)80-48-50-23-27-52(28-24-50)65(74)82-57-35-31-55(32-36-57)76-42-16-8-10-18-44-78-63(72)4-2/h3-4,11-12,19-20,29-38,45-46,49-52,70H,1-2,5-10,13-18,21-28,39-44,47-48H2/b67-46+. The van der Waals surface area contributed by atoms with Crippen molar-refractivity contribution >= 4 is 56.8 Å². The van der Waals surface area contributed by atoms with Crippen molar-refractivity contribution in [1.29, 1.82) is 0 Å². The van der Waals surface area contributed by atoms with Crippen molar-refractivity contribution in [1.82, 2.24) is 4.98 Å². The van der Waals surface area contributed by atoms with Crippen LogP contribution >= 0.6 is 11.3 Å². The summed E-state index contributed by atoms with van der Waals surface area (Å²) in [6.07, 6.45) is 21.0. The minimum Gasteiger partial charge on any atom is -0.494 e. The Balaban J connectivity index is 0.885. The van der Waals surface area contributed by atoms with Crippen LogP contribution < -0.4 is 33.4 Å². The molecule has 17 heteroatoms. The van der Waals surface area contributed by atoms with Crippen LogP contribution in [0.5, 0.6) is 34.5 Å². The predicted octanol–water partition coefficient (Wildman–Crippen LogP) is 13.6. The van der Waals surface area contributed by atoms with Crippen molar-refractivity contribution in [2.45, 2.75) is 128 Å². The van der Waals surface area contributed by atoms with Crippen LogP contribution in [0.1, 0.15) is 134 Å². The first-order valence-electron chi connectivity index (χ1n) is 29.8. The number of para-hydroxylation sites is 1. The van der Waals surface area contributed by atoms with E-state index in [1.807, 2.05) is 71.9 Å². The largest absolute Gasteiger partial charge is 0.494 e. The molecule has 2 saturated carbocycles. The number of carbonyl (C=O) groups is 4. The Morgan fingerprint density at radius 1 is 0.554 bits per heavy atom. The number of aromatic nitrogens is 1. The molecule has 1 aromatic heterocycles. The fourth-order valence-electron chi connectivity index (χ4n) is 10.00. The van der Waals surface area contributed by atoms with E-state index < -0.39 is 11.9 Å². The maximum absolute atomic E-state index is 13.3. The van der Waals surface area contributed by atoms with E-state index in [1.54, 1.807) is 35.6 Å². The number of anilines is 1. The fraction of sp³-hybridized carbons (Fsp3) is 0.485. The Bertz CT molecular complexity index is 2770. The number of aliphatic hydroxyl groups excluding tert-OH is 1. The van der Waals surface area contributed by atoms with Crippen molar-refractivity contribution in [3.63, 3.8) is 0 Å². The molecule has 5 aromatic rings. The first kappa shape index (κ1) is 63.3. The lowest BCUT2D eigenvalue weighted by molar-refractivity contribution is -0.141. The number of aliphatic hydroxyl groups is 1. The van der Waals surface area contributed by atoms with Gasteiger partial charge in [-0.25, -0.2) is 19.6 Å². The molecule has 2 aliphatic carbocycles. The SMILES string of the molecule is C=CC(=O)OCCCCCCOc1ccc(OC(=O)C2CCC(COc3ccc(OCC4CCC(C(=O)Oc5ccc(OCCCCCCOC(=O)C=C)cc5)CC4)c(/C=N/N(CCCCCCO)c4nc5ccccc5s4)c3)CC2)cc1. The van der Waals surface area contributed by atoms with Gasteiger partial charge in [0.2, 0.25) is 5.13 Å². The summed E-state index contributed by atoms with van der Waals surface area (Å²) >= 11 is 1.60. The van der Waals surface area contributed by atoms with Crippen molar-refractivity contribution in [3.8, 4) is 34.5 Å². The highest BCUT2D eigenvalue weighted by atomic mass is 32.1. The molecule has 1 heterocycles. The molecule has 0 radical (unpaired) electrons. The summed E-state index contributed by atoms with van der Waals surface area (Å²) in [7, 11) is 0. The molecule has 16 nitrogen and oxygen atoms in total. The van der Waals surface area contributed by atoms with Crippen LogP contribution in [0.2, 0.25) is 0 Å². The van der Waals surface area contributed by atoms with Gasteiger partial charge in [0, 0.05) is 30.9 Å². The van der Waals surface area contributed by atoms with Gasteiger partial charge in [-0.2, -0.15) is 5.10 Å². The third-order valence-electron chi connectivity index (χ3n) is 14.9. The third kappa shape index (κ3) is 22.5. The number of unbranched alkanes of at least 4 members (excludes halogenated alkanes) is 9. The van der Waals surface area contributed by atoms with E-state index in [4.69, 9.17) is 48.0 Å². The highest BCUT2D eigenvalue weighted by molar-refractivity contribution is 7.22. The van der Waals surface area contributed by atoms with E-state index in [1.165, 1.54) is 12.2 Å². The first-order valence-corrected chi connectivity index (χ1v) is 30.6. The van der Waals surface area contributed by atoms with E-state index >= 15 is 0 Å². The molecule has 4 aromatic carbocycles. The molecule has 0 unspecified atom stereocenters. The molecule has 7 rings (SSSR count). The average molecular weight is 1160 g/mol. The minimum atomic E-state index is -0.397. The summed E-state index contributed by atoms with van der Waals surface area (Å²) in [4.78, 5) is 53.9. The number of thiazole rings is 1. The second-order valence-electron chi connectivity index (χ2n) is 21.3. The van der Waals surface area contributed by atoms with E-state index in [-0.39, 0.29) is 42.2 Å². The van der Waals surface area contributed by atoms with Gasteiger partial charge in [0.05, 0.1) is 67.9 Å². The van der Waals surface area contributed by atoms with Gasteiger partial charge in [0.15, 0.2) is 0 Å². The lowest BCUT2D eigenvalue weighted by Gasteiger charge is -2.28. The molecule has 446 valence electrons. The maximum Gasteiger partial charge on any atom is 0.330 e. The van der Waals surface area contributed by atoms with Crippen LogP contribution in [0.3, 0.4) is 0 Å². The van der Waals surface area contributed by atoms with Crippen LogP contribution in [-0.4, -0.2) is 93.0 Å². The monoisotopic (exact) mass is 1160 g/mol. The van der Waals surface area contributed by atoms with Gasteiger partial charge in [-0.3, -0.25) is 9.59 Å². The molecule has 2 fully saturated rings. The number of hydrogen-bond acceptors (Lipinski definition) is 17. The van der Waals surface area contributed by atoms with Crippen LogP contribution in [0.15, 0.2) is 121 Å². The predicted molar refractivity (Wildman–Crippen MR) is 323 cm³/mol. The lowest BCUT2D eigenvalue weighted by Crippen LogP contribution is -2.28. The van der Waals surface area contributed by atoms with Crippen molar-refractivity contribution in [3.05, 3.63) is 122 Å². The Morgan fingerprint density at radius 2 is 1.04 bits per heavy atom. The third-order valence-corrected chi connectivity index (χ3v) is 16.0. The average Bonchev–Trinajstić information content (AvgIpc) is 4.11. The van der Waals surface area contributed by atoms with Gasteiger partial charge in [0.1, 0.15) is 34.5 Å². The number of carbonyl (C=O) groups excluding carboxylic acids is 4. The summed E-state index contributed by atoms with van der Waals surface area (Å²) < 4.78 is 47.6. The first-order chi connectivity index (χ1) is 40.7. The smallest absolute Gasteiger partial charge is 0.330 e. The summed E-state index contributed by atoms with van der Waals surface area (Å²) in [6, 6.07) is 28.3. The second-order valence-corrected chi connectivity index (χ2v) is 22.3. The van der Waals surface area contributed by atoms with E-state index in [0.717, 1.165) is 124 Å². The molecule has 0 atom stereocenters. The van der Waals surface area contributed by atoms with Gasteiger partial charge in [0.25, 0.3) is 0 Å². The molecule has 1 N–H and O–H groups in total. The van der Waals surface area contributed by atoms with Gasteiger partial charge in [-0.05, 0) is 206 Å². The zero-order chi connectivity index (χ0) is 58.3. The Morgan fingerprint density at radius 3 is 1.57 bits per heavy atom. The normalized spacial score (nSPS) is 16.8. The molecule has 2 aliphatic rings.